The van der Waals surface area contributed by atoms with Gasteiger partial charge in [-0.3, -0.25) is 0 Å². The van der Waals surface area contributed by atoms with Crippen molar-refractivity contribution in [2.75, 3.05) is 18.0 Å². The number of benzene rings is 2. The van der Waals surface area contributed by atoms with Crippen molar-refractivity contribution >= 4 is 5.69 Å². The van der Waals surface area contributed by atoms with Gasteiger partial charge in [-0.25, -0.2) is 0 Å². The molecule has 2 aromatic rings. The van der Waals surface area contributed by atoms with Crippen LogP contribution in [0.3, 0.4) is 0 Å². The first-order valence-electron chi connectivity index (χ1n) is 9.69. The molecule has 2 aromatic carbocycles. The van der Waals surface area contributed by atoms with Crippen molar-refractivity contribution in [3.8, 4) is 17.2 Å². The quantitative estimate of drug-likeness (QED) is 0.689. The van der Waals surface area contributed by atoms with Crippen LogP contribution in [-0.2, 0) is 12.8 Å². The van der Waals surface area contributed by atoms with E-state index in [9.17, 15) is 5.26 Å². The number of hydrogen-bond acceptors (Lipinski definition) is 2. The normalized spacial score (nSPS) is 17.0. The van der Waals surface area contributed by atoms with Crippen molar-refractivity contribution in [2.24, 2.45) is 0 Å². The maximum Gasteiger partial charge on any atom is 0.102 e. The van der Waals surface area contributed by atoms with Crippen LogP contribution in [0, 0.1) is 18.3 Å². The van der Waals surface area contributed by atoms with Gasteiger partial charge in [0, 0.05) is 13.1 Å². The van der Waals surface area contributed by atoms with Gasteiger partial charge in [-0.15, -0.1) is 0 Å². The van der Waals surface area contributed by atoms with Crippen molar-refractivity contribution in [3.05, 3.63) is 52.6 Å². The molecule has 25 heavy (non-hydrogen) atoms. The first-order valence-corrected chi connectivity index (χ1v) is 9.69. The Hall–Kier alpha value is -2.27. The van der Waals surface area contributed by atoms with Gasteiger partial charge in [0.2, 0.25) is 0 Å². The number of fused-ring (bicyclic) bond motifs is 1. The van der Waals surface area contributed by atoms with Gasteiger partial charge in [-0.05, 0) is 73.8 Å². The lowest BCUT2D eigenvalue weighted by Crippen LogP contribution is -2.20. The van der Waals surface area contributed by atoms with Crippen LogP contribution >= 0.6 is 0 Å². The summed E-state index contributed by atoms with van der Waals surface area (Å²) in [5.41, 5.74) is 8.85. The first-order chi connectivity index (χ1) is 12.3. The Balaban J connectivity index is 1.94. The maximum atomic E-state index is 9.95. The van der Waals surface area contributed by atoms with E-state index in [1.165, 1.54) is 65.6 Å². The topological polar surface area (TPSA) is 27.0 Å². The molecule has 1 aliphatic heterocycles. The molecule has 0 unspecified atom stereocenters. The lowest BCUT2D eigenvalue weighted by atomic mass is 9.88. The van der Waals surface area contributed by atoms with Gasteiger partial charge >= 0.3 is 0 Å². The Kier molecular flexibility index (Phi) is 4.49. The second kappa shape index (κ2) is 6.92. The summed E-state index contributed by atoms with van der Waals surface area (Å²) in [4.78, 5) is 2.43. The Morgan fingerprint density at radius 2 is 1.56 bits per heavy atom. The van der Waals surface area contributed by atoms with Crippen LogP contribution in [0.4, 0.5) is 5.69 Å². The summed E-state index contributed by atoms with van der Waals surface area (Å²) >= 11 is 0. The third-order valence-corrected chi connectivity index (χ3v) is 5.80. The second-order valence-electron chi connectivity index (χ2n) is 7.51. The molecule has 128 valence electrons. The van der Waals surface area contributed by atoms with Crippen molar-refractivity contribution in [1.82, 2.24) is 0 Å². The van der Waals surface area contributed by atoms with Gasteiger partial charge in [0.05, 0.1) is 11.3 Å². The average Bonchev–Trinajstić information content (AvgIpc) is 3.06. The summed E-state index contributed by atoms with van der Waals surface area (Å²) in [5, 5.41) is 9.95. The van der Waals surface area contributed by atoms with Crippen molar-refractivity contribution in [2.45, 2.75) is 51.9 Å². The van der Waals surface area contributed by atoms with Crippen molar-refractivity contribution in [3.63, 3.8) is 0 Å². The van der Waals surface area contributed by atoms with Crippen LogP contribution in [0.2, 0.25) is 0 Å². The number of anilines is 1. The van der Waals surface area contributed by atoms with E-state index in [-0.39, 0.29) is 0 Å². The minimum absolute atomic E-state index is 0.953. The summed E-state index contributed by atoms with van der Waals surface area (Å²) in [6.07, 6.45) is 8.35. The highest BCUT2D eigenvalue weighted by molar-refractivity contribution is 5.79. The minimum Gasteiger partial charge on any atom is -0.370 e. The fourth-order valence-corrected chi connectivity index (χ4v) is 4.43. The van der Waals surface area contributed by atoms with Crippen LogP contribution in [0.1, 0.15) is 54.4 Å². The van der Waals surface area contributed by atoms with E-state index >= 15 is 0 Å². The Bertz CT molecular complexity index is 805. The molecule has 0 amide bonds. The summed E-state index contributed by atoms with van der Waals surface area (Å²) in [5.74, 6) is 0. The molecular formula is C23H26N2. The van der Waals surface area contributed by atoms with Crippen LogP contribution in [-0.4, -0.2) is 13.1 Å². The molecule has 2 aliphatic rings. The highest BCUT2D eigenvalue weighted by atomic mass is 15.1. The number of hydrogen-bond donors (Lipinski definition) is 0. The number of aryl methyl sites for hydroxylation is 1. The first kappa shape index (κ1) is 16.2. The van der Waals surface area contributed by atoms with E-state index in [2.05, 4.69) is 48.2 Å². The van der Waals surface area contributed by atoms with E-state index in [0.29, 0.717) is 0 Å². The monoisotopic (exact) mass is 330 g/mol. The maximum absolute atomic E-state index is 9.95. The molecule has 4 rings (SSSR count). The van der Waals surface area contributed by atoms with Crippen LogP contribution in [0.5, 0.6) is 0 Å². The highest BCUT2D eigenvalue weighted by Gasteiger charge is 2.24. The molecule has 1 fully saturated rings. The molecule has 0 bridgehead atoms. The highest BCUT2D eigenvalue weighted by Crippen LogP contribution is 2.39. The predicted molar refractivity (Wildman–Crippen MR) is 104 cm³/mol. The zero-order valence-corrected chi connectivity index (χ0v) is 15.1. The van der Waals surface area contributed by atoms with Gasteiger partial charge in [-0.1, -0.05) is 36.2 Å². The standard InChI is InChI=1S/C23H26N2/c1-17-9-11-18(12-10-17)21-15-23(25-13-5-6-14-25)22(16-24)20-8-4-2-3-7-19(20)21/h9-12,15H,2-8,13-14H2,1H3. The molecule has 1 saturated heterocycles. The Labute approximate surface area is 151 Å². The molecule has 2 nitrogen and oxygen atoms in total. The number of nitrogens with zero attached hydrogens (tertiary/aromatic N) is 2. The molecular weight excluding hydrogens is 304 g/mol. The zero-order chi connectivity index (χ0) is 17.2. The second-order valence-corrected chi connectivity index (χ2v) is 7.51. The third-order valence-electron chi connectivity index (χ3n) is 5.80. The molecule has 0 saturated carbocycles. The molecule has 0 N–H and O–H groups in total. The largest absolute Gasteiger partial charge is 0.370 e. The average molecular weight is 330 g/mol. The van der Waals surface area contributed by atoms with Gasteiger partial charge in [0.1, 0.15) is 6.07 Å². The fourth-order valence-electron chi connectivity index (χ4n) is 4.43. The Morgan fingerprint density at radius 1 is 0.880 bits per heavy atom. The third kappa shape index (κ3) is 3.04. The smallest absolute Gasteiger partial charge is 0.102 e. The molecule has 0 aromatic heterocycles. The molecule has 1 aliphatic carbocycles. The van der Waals surface area contributed by atoms with Gasteiger partial charge < -0.3 is 4.90 Å². The van der Waals surface area contributed by atoms with E-state index in [4.69, 9.17) is 0 Å². The Morgan fingerprint density at radius 3 is 2.24 bits per heavy atom. The summed E-state index contributed by atoms with van der Waals surface area (Å²) in [7, 11) is 0. The van der Waals surface area contributed by atoms with Crippen LogP contribution in [0.25, 0.3) is 11.1 Å². The molecule has 0 atom stereocenters. The fraction of sp³-hybridized carbons (Fsp3) is 0.435. The van der Waals surface area contributed by atoms with E-state index in [0.717, 1.165) is 31.5 Å². The van der Waals surface area contributed by atoms with Gasteiger partial charge in [0.15, 0.2) is 0 Å². The SMILES string of the molecule is Cc1ccc(-c2cc(N3CCCC3)c(C#N)c3c2CCCCC3)cc1. The van der Waals surface area contributed by atoms with Crippen molar-refractivity contribution < 1.29 is 0 Å². The number of nitriles is 1. The van der Waals surface area contributed by atoms with Crippen LogP contribution in [0.15, 0.2) is 30.3 Å². The minimum atomic E-state index is 0.953. The van der Waals surface area contributed by atoms with E-state index < -0.39 is 0 Å². The number of rotatable bonds is 2. The van der Waals surface area contributed by atoms with E-state index in [1.54, 1.807) is 0 Å². The molecule has 2 heteroatoms. The summed E-state index contributed by atoms with van der Waals surface area (Å²) < 4.78 is 0. The van der Waals surface area contributed by atoms with Crippen LogP contribution < -0.4 is 4.90 Å². The summed E-state index contributed by atoms with van der Waals surface area (Å²) in [6.45, 7) is 4.31. The van der Waals surface area contributed by atoms with E-state index in [1.807, 2.05) is 0 Å². The molecule has 0 spiro atoms. The lowest BCUT2D eigenvalue weighted by molar-refractivity contribution is 0.711. The van der Waals surface area contributed by atoms with Gasteiger partial charge in [0.25, 0.3) is 0 Å². The molecule has 1 heterocycles. The van der Waals surface area contributed by atoms with Gasteiger partial charge in [-0.2, -0.15) is 5.26 Å². The summed E-state index contributed by atoms with van der Waals surface area (Å²) in [6, 6.07) is 13.8. The zero-order valence-electron chi connectivity index (χ0n) is 15.1. The molecule has 0 radical (unpaired) electrons. The predicted octanol–water partition coefficient (Wildman–Crippen LogP) is 5.40. The van der Waals surface area contributed by atoms with Crippen molar-refractivity contribution in [1.29, 1.82) is 5.26 Å². The lowest BCUT2D eigenvalue weighted by Gasteiger charge is -2.24.